The van der Waals surface area contributed by atoms with Crippen LogP contribution in [0.1, 0.15) is 39.5 Å². The number of rotatable bonds is 1. The van der Waals surface area contributed by atoms with Crippen molar-refractivity contribution >= 4 is 0 Å². The van der Waals surface area contributed by atoms with Crippen LogP contribution in [0.2, 0.25) is 0 Å². The van der Waals surface area contributed by atoms with Gasteiger partial charge in [-0.3, -0.25) is 0 Å². The van der Waals surface area contributed by atoms with E-state index in [-0.39, 0.29) is 0 Å². The standard InChI is InChI=1S/C10H20N/c1-10(2)11-8-6-4-3-5-7-9-11/h4,10H,3,5-9H2,1-2H3. The molecule has 0 unspecified atom stereocenters. The van der Waals surface area contributed by atoms with Gasteiger partial charge in [0, 0.05) is 6.04 Å². The topological polar surface area (TPSA) is 3.24 Å². The van der Waals surface area contributed by atoms with E-state index in [0.29, 0.717) is 0 Å². The molecule has 1 saturated heterocycles. The van der Waals surface area contributed by atoms with Crippen molar-refractivity contribution in [1.82, 2.24) is 4.90 Å². The van der Waals surface area contributed by atoms with Crippen molar-refractivity contribution in [2.24, 2.45) is 0 Å². The zero-order valence-electron chi connectivity index (χ0n) is 7.84. The zero-order valence-corrected chi connectivity index (χ0v) is 7.84. The van der Waals surface area contributed by atoms with Gasteiger partial charge in [0.2, 0.25) is 0 Å². The Labute approximate surface area is 70.8 Å². The number of likely N-dealkylation sites (tertiary alicyclic amines) is 1. The van der Waals surface area contributed by atoms with Crippen molar-refractivity contribution in [3.63, 3.8) is 0 Å². The lowest BCUT2D eigenvalue weighted by Crippen LogP contribution is -2.33. The second kappa shape index (κ2) is 4.76. The first-order valence-corrected chi connectivity index (χ1v) is 4.86. The first-order valence-electron chi connectivity index (χ1n) is 4.86. The van der Waals surface area contributed by atoms with Crippen LogP contribution in [0.15, 0.2) is 0 Å². The Morgan fingerprint density at radius 3 is 2.64 bits per heavy atom. The van der Waals surface area contributed by atoms with Crippen LogP contribution in [-0.4, -0.2) is 24.0 Å². The molecule has 1 fully saturated rings. The lowest BCUT2D eigenvalue weighted by Gasteiger charge is -2.27. The highest BCUT2D eigenvalue weighted by atomic mass is 15.1. The lowest BCUT2D eigenvalue weighted by molar-refractivity contribution is 0.212. The Bertz CT molecular complexity index is 91.0. The van der Waals surface area contributed by atoms with Gasteiger partial charge in [-0.05, 0) is 46.2 Å². The first-order chi connectivity index (χ1) is 5.30. The summed E-state index contributed by atoms with van der Waals surface area (Å²) in [5, 5.41) is 0. The SMILES string of the molecule is CC(C)N1CC[CH]CCCC1. The third-order valence-corrected chi connectivity index (χ3v) is 2.45. The monoisotopic (exact) mass is 154 g/mol. The summed E-state index contributed by atoms with van der Waals surface area (Å²) >= 11 is 0. The summed E-state index contributed by atoms with van der Waals surface area (Å²) in [7, 11) is 0. The average molecular weight is 154 g/mol. The van der Waals surface area contributed by atoms with E-state index < -0.39 is 0 Å². The maximum absolute atomic E-state index is 2.58. The Balaban J connectivity index is 2.26. The van der Waals surface area contributed by atoms with E-state index in [1.807, 2.05) is 0 Å². The molecule has 65 valence electrons. The summed E-state index contributed by atoms with van der Waals surface area (Å²) < 4.78 is 0. The third kappa shape index (κ3) is 3.24. The summed E-state index contributed by atoms with van der Waals surface area (Å²) in [5.74, 6) is 0. The minimum absolute atomic E-state index is 0.738. The van der Waals surface area contributed by atoms with Gasteiger partial charge in [-0.2, -0.15) is 0 Å². The van der Waals surface area contributed by atoms with Crippen LogP contribution in [0.25, 0.3) is 0 Å². The summed E-state index contributed by atoms with van der Waals surface area (Å²) in [6, 6.07) is 0.738. The number of hydrogen-bond acceptors (Lipinski definition) is 1. The maximum atomic E-state index is 2.58. The maximum Gasteiger partial charge on any atom is 0.00385 e. The summed E-state index contributed by atoms with van der Waals surface area (Å²) in [5.41, 5.74) is 0. The van der Waals surface area contributed by atoms with Gasteiger partial charge in [-0.1, -0.05) is 12.8 Å². The second-order valence-electron chi connectivity index (χ2n) is 3.70. The van der Waals surface area contributed by atoms with Crippen molar-refractivity contribution < 1.29 is 0 Å². The van der Waals surface area contributed by atoms with Gasteiger partial charge in [0.1, 0.15) is 0 Å². The fourth-order valence-electron chi connectivity index (χ4n) is 1.63. The van der Waals surface area contributed by atoms with E-state index in [4.69, 9.17) is 0 Å². The second-order valence-corrected chi connectivity index (χ2v) is 3.70. The van der Waals surface area contributed by atoms with Crippen molar-refractivity contribution in [2.45, 2.75) is 45.6 Å². The van der Waals surface area contributed by atoms with Crippen LogP contribution in [0.5, 0.6) is 0 Å². The van der Waals surface area contributed by atoms with Gasteiger partial charge in [-0.25, -0.2) is 0 Å². The smallest absolute Gasteiger partial charge is 0.00385 e. The summed E-state index contributed by atoms with van der Waals surface area (Å²) in [6.45, 7) is 7.17. The Hall–Kier alpha value is -0.0400. The van der Waals surface area contributed by atoms with E-state index in [9.17, 15) is 0 Å². The molecular formula is C10H20N. The van der Waals surface area contributed by atoms with Crippen LogP contribution < -0.4 is 0 Å². The highest BCUT2D eigenvalue weighted by Crippen LogP contribution is 2.11. The molecule has 0 aromatic carbocycles. The fraction of sp³-hybridized carbons (Fsp3) is 0.900. The van der Waals surface area contributed by atoms with Crippen molar-refractivity contribution in [1.29, 1.82) is 0 Å². The molecule has 11 heavy (non-hydrogen) atoms. The average Bonchev–Trinajstić information content (AvgIpc) is 1.84. The highest BCUT2D eigenvalue weighted by molar-refractivity contribution is 4.73. The minimum Gasteiger partial charge on any atom is -0.301 e. The molecule has 1 rings (SSSR count). The molecule has 0 N–H and O–H groups in total. The predicted octanol–water partition coefficient (Wildman–Crippen LogP) is 2.48. The lowest BCUT2D eigenvalue weighted by atomic mass is 10.1. The van der Waals surface area contributed by atoms with Crippen LogP contribution in [0.3, 0.4) is 0 Å². The fourth-order valence-corrected chi connectivity index (χ4v) is 1.63. The highest BCUT2D eigenvalue weighted by Gasteiger charge is 2.10. The molecule has 0 bridgehead atoms. The number of hydrogen-bond donors (Lipinski definition) is 0. The molecule has 0 spiro atoms. The van der Waals surface area contributed by atoms with Crippen LogP contribution in [0.4, 0.5) is 0 Å². The van der Waals surface area contributed by atoms with Crippen molar-refractivity contribution in [3.05, 3.63) is 6.42 Å². The van der Waals surface area contributed by atoms with Crippen LogP contribution >= 0.6 is 0 Å². The van der Waals surface area contributed by atoms with Gasteiger partial charge < -0.3 is 4.90 Å². The van der Waals surface area contributed by atoms with Gasteiger partial charge in [0.25, 0.3) is 0 Å². The molecule has 0 atom stereocenters. The molecule has 0 aromatic rings. The molecule has 1 aliphatic rings. The molecule has 0 aromatic heterocycles. The summed E-state index contributed by atoms with van der Waals surface area (Å²) in [6.07, 6.45) is 7.84. The molecule has 1 aliphatic heterocycles. The predicted molar refractivity (Wildman–Crippen MR) is 49.5 cm³/mol. The van der Waals surface area contributed by atoms with Gasteiger partial charge in [0.15, 0.2) is 0 Å². The summed E-state index contributed by atoms with van der Waals surface area (Å²) in [4.78, 5) is 2.58. The van der Waals surface area contributed by atoms with Crippen LogP contribution in [0, 0.1) is 6.42 Å². The van der Waals surface area contributed by atoms with E-state index >= 15 is 0 Å². The van der Waals surface area contributed by atoms with Crippen molar-refractivity contribution in [3.8, 4) is 0 Å². The quantitative estimate of drug-likeness (QED) is 0.561. The molecule has 0 saturated carbocycles. The molecule has 1 nitrogen and oxygen atoms in total. The van der Waals surface area contributed by atoms with E-state index in [2.05, 4.69) is 25.2 Å². The van der Waals surface area contributed by atoms with Crippen molar-refractivity contribution in [2.75, 3.05) is 13.1 Å². The largest absolute Gasteiger partial charge is 0.301 e. The Kier molecular flexibility index (Phi) is 3.92. The normalized spacial score (nSPS) is 23.2. The zero-order chi connectivity index (χ0) is 8.10. The Morgan fingerprint density at radius 1 is 1.09 bits per heavy atom. The molecule has 0 aliphatic carbocycles. The molecule has 1 heterocycles. The number of nitrogens with zero attached hydrogens (tertiary/aromatic N) is 1. The van der Waals surface area contributed by atoms with Crippen LogP contribution in [-0.2, 0) is 0 Å². The third-order valence-electron chi connectivity index (χ3n) is 2.45. The molecule has 0 amide bonds. The molecular weight excluding hydrogens is 134 g/mol. The first kappa shape index (κ1) is 9.05. The Morgan fingerprint density at radius 2 is 1.91 bits per heavy atom. The van der Waals surface area contributed by atoms with E-state index in [1.54, 1.807) is 0 Å². The van der Waals surface area contributed by atoms with Gasteiger partial charge >= 0.3 is 0 Å². The van der Waals surface area contributed by atoms with E-state index in [0.717, 1.165) is 6.04 Å². The molecule has 1 radical (unpaired) electrons. The van der Waals surface area contributed by atoms with E-state index in [1.165, 1.54) is 38.8 Å². The molecule has 1 heteroatoms. The van der Waals surface area contributed by atoms with Gasteiger partial charge in [0.05, 0.1) is 0 Å². The van der Waals surface area contributed by atoms with Gasteiger partial charge in [-0.15, -0.1) is 0 Å². The minimum atomic E-state index is 0.738.